The van der Waals surface area contributed by atoms with E-state index < -0.39 is 22.5 Å². The summed E-state index contributed by atoms with van der Waals surface area (Å²) in [7, 11) is -4.06. The number of H-pyrrole nitrogens is 1. The molecule has 0 radical (unpaired) electrons. The Morgan fingerprint density at radius 1 is 1.06 bits per heavy atom. The SMILES string of the molecule is Cc1cccc(N(CC(=O)N=Nc2c(O)[nH]c3ccc(Br)cc23)S(=O)(=O)c2ccccc2)c1C. The number of aromatic nitrogens is 1. The molecule has 10 heteroatoms. The molecule has 0 saturated heterocycles. The van der Waals surface area contributed by atoms with Gasteiger partial charge in [-0.25, -0.2) is 8.42 Å². The molecular formula is C24H21BrN4O4S. The lowest BCUT2D eigenvalue weighted by Crippen LogP contribution is -2.35. The maximum atomic E-state index is 13.5. The van der Waals surface area contributed by atoms with E-state index in [9.17, 15) is 18.3 Å². The first-order valence-electron chi connectivity index (χ1n) is 10.3. The van der Waals surface area contributed by atoms with Gasteiger partial charge in [-0.05, 0) is 61.4 Å². The van der Waals surface area contributed by atoms with Gasteiger partial charge in [-0.1, -0.05) is 46.3 Å². The number of hydrogen-bond acceptors (Lipinski definition) is 5. The molecule has 0 bridgehead atoms. The highest BCUT2D eigenvalue weighted by molar-refractivity contribution is 9.10. The first-order chi connectivity index (χ1) is 16.2. The van der Waals surface area contributed by atoms with Crippen molar-refractivity contribution in [2.24, 2.45) is 10.2 Å². The molecule has 0 unspecified atom stereocenters. The molecule has 8 nitrogen and oxygen atoms in total. The quantitative estimate of drug-likeness (QED) is 0.302. The molecule has 1 heterocycles. The number of nitrogens with zero attached hydrogens (tertiary/aromatic N) is 3. The van der Waals surface area contributed by atoms with Crippen LogP contribution in [0.1, 0.15) is 11.1 Å². The van der Waals surface area contributed by atoms with Gasteiger partial charge in [0, 0.05) is 9.86 Å². The Morgan fingerprint density at radius 2 is 1.79 bits per heavy atom. The van der Waals surface area contributed by atoms with Gasteiger partial charge in [-0.15, -0.1) is 10.2 Å². The van der Waals surface area contributed by atoms with E-state index >= 15 is 0 Å². The number of sulfonamides is 1. The van der Waals surface area contributed by atoms with Crippen LogP contribution in [-0.2, 0) is 14.8 Å². The summed E-state index contributed by atoms with van der Waals surface area (Å²) in [5.41, 5.74) is 2.70. The number of azo groups is 1. The third-order valence-electron chi connectivity index (χ3n) is 5.43. The Hall–Kier alpha value is -3.50. The minimum absolute atomic E-state index is 0.0553. The zero-order valence-electron chi connectivity index (χ0n) is 18.4. The largest absolute Gasteiger partial charge is 0.493 e. The number of aryl methyl sites for hydroxylation is 1. The zero-order chi connectivity index (χ0) is 24.5. The van der Waals surface area contributed by atoms with Crippen molar-refractivity contribution in [3.05, 3.63) is 82.3 Å². The number of halogens is 1. The number of aromatic amines is 1. The first kappa shape index (κ1) is 23.7. The molecule has 1 aromatic heterocycles. The summed E-state index contributed by atoms with van der Waals surface area (Å²) >= 11 is 3.36. The van der Waals surface area contributed by atoms with Crippen LogP contribution in [-0.4, -0.2) is 31.0 Å². The number of rotatable bonds is 6. The summed E-state index contributed by atoms with van der Waals surface area (Å²) in [4.78, 5) is 15.7. The number of anilines is 1. The fraction of sp³-hybridized carbons (Fsp3) is 0.125. The summed E-state index contributed by atoms with van der Waals surface area (Å²) in [5.74, 6) is -1.03. The molecule has 0 atom stereocenters. The molecule has 34 heavy (non-hydrogen) atoms. The predicted octanol–water partition coefficient (Wildman–Crippen LogP) is 5.76. The van der Waals surface area contributed by atoms with Crippen LogP contribution < -0.4 is 4.31 Å². The number of aromatic hydroxyl groups is 1. The standard InChI is InChI=1S/C24H21BrN4O4S/c1-15-7-6-10-21(16(15)2)29(34(32,33)18-8-4-3-5-9-18)14-22(30)27-28-23-19-13-17(25)11-12-20(19)26-24(23)31/h3-13,26,31H,14H2,1-2H3. The fourth-order valence-electron chi connectivity index (χ4n) is 3.52. The number of hydrogen-bond donors (Lipinski definition) is 2. The maximum absolute atomic E-state index is 13.5. The van der Waals surface area contributed by atoms with Crippen molar-refractivity contribution in [2.45, 2.75) is 18.7 Å². The third-order valence-corrected chi connectivity index (χ3v) is 7.70. The summed E-state index contributed by atoms with van der Waals surface area (Å²) in [5, 5.41) is 18.4. The minimum Gasteiger partial charge on any atom is -0.493 e. The van der Waals surface area contributed by atoms with E-state index in [1.54, 1.807) is 55.5 Å². The summed E-state index contributed by atoms with van der Waals surface area (Å²) in [6.45, 7) is 3.11. The molecule has 0 fully saturated rings. The van der Waals surface area contributed by atoms with Gasteiger partial charge in [-0.3, -0.25) is 9.10 Å². The van der Waals surface area contributed by atoms with E-state index in [0.717, 1.165) is 19.9 Å². The fourth-order valence-corrected chi connectivity index (χ4v) is 5.38. The molecule has 0 aliphatic heterocycles. The summed E-state index contributed by atoms with van der Waals surface area (Å²) in [6.07, 6.45) is 0. The Labute approximate surface area is 205 Å². The molecule has 174 valence electrons. The lowest BCUT2D eigenvalue weighted by Gasteiger charge is -2.25. The van der Waals surface area contributed by atoms with E-state index in [1.165, 1.54) is 12.1 Å². The second-order valence-corrected chi connectivity index (χ2v) is 10.4. The molecule has 4 aromatic rings. The van der Waals surface area contributed by atoms with Gasteiger partial charge in [0.2, 0.25) is 5.88 Å². The highest BCUT2D eigenvalue weighted by atomic mass is 79.9. The summed E-state index contributed by atoms with van der Waals surface area (Å²) in [6, 6.07) is 18.4. The average Bonchev–Trinajstić information content (AvgIpc) is 3.12. The van der Waals surface area contributed by atoms with Gasteiger partial charge in [0.05, 0.1) is 16.1 Å². The highest BCUT2D eigenvalue weighted by Gasteiger charge is 2.28. The van der Waals surface area contributed by atoms with E-state index in [1.807, 2.05) is 13.0 Å². The van der Waals surface area contributed by atoms with E-state index in [4.69, 9.17) is 0 Å². The monoisotopic (exact) mass is 540 g/mol. The van der Waals surface area contributed by atoms with Gasteiger partial charge < -0.3 is 10.1 Å². The minimum atomic E-state index is -4.06. The topological polar surface area (TPSA) is 115 Å². The number of benzene rings is 3. The van der Waals surface area contributed by atoms with Crippen LogP contribution in [0.25, 0.3) is 10.9 Å². The molecule has 3 aromatic carbocycles. The first-order valence-corrected chi connectivity index (χ1v) is 12.5. The zero-order valence-corrected chi connectivity index (χ0v) is 20.8. The van der Waals surface area contributed by atoms with Crippen molar-refractivity contribution in [3.8, 4) is 5.88 Å². The molecule has 0 spiro atoms. The average molecular weight is 541 g/mol. The van der Waals surface area contributed by atoms with Crippen molar-refractivity contribution >= 4 is 54.1 Å². The molecule has 4 rings (SSSR count). The third kappa shape index (κ3) is 4.59. The van der Waals surface area contributed by atoms with Crippen molar-refractivity contribution < 1.29 is 18.3 Å². The van der Waals surface area contributed by atoms with Crippen LogP contribution in [0.4, 0.5) is 11.4 Å². The maximum Gasteiger partial charge on any atom is 0.285 e. The number of nitrogens with one attached hydrogen (secondary N) is 1. The van der Waals surface area contributed by atoms with Gasteiger partial charge in [0.25, 0.3) is 15.9 Å². The molecule has 1 amide bonds. The van der Waals surface area contributed by atoms with Gasteiger partial charge in [-0.2, -0.15) is 0 Å². The van der Waals surface area contributed by atoms with Gasteiger partial charge >= 0.3 is 0 Å². The number of carbonyl (C=O) groups excluding carboxylic acids is 1. The number of fused-ring (bicyclic) bond motifs is 1. The van der Waals surface area contributed by atoms with Crippen LogP contribution in [0.15, 0.2) is 86.3 Å². The summed E-state index contributed by atoms with van der Waals surface area (Å²) < 4.78 is 28.8. The van der Waals surface area contributed by atoms with Gasteiger partial charge in [0.1, 0.15) is 6.54 Å². The van der Waals surface area contributed by atoms with Gasteiger partial charge in [0.15, 0.2) is 5.69 Å². The number of carbonyl (C=O) groups is 1. The van der Waals surface area contributed by atoms with Crippen molar-refractivity contribution in [2.75, 3.05) is 10.8 Å². The smallest absolute Gasteiger partial charge is 0.285 e. The van der Waals surface area contributed by atoms with Crippen LogP contribution >= 0.6 is 15.9 Å². The Balaban J connectivity index is 1.71. The molecule has 0 aliphatic carbocycles. The van der Waals surface area contributed by atoms with Crippen LogP contribution in [0.2, 0.25) is 0 Å². The van der Waals surface area contributed by atoms with E-state index in [0.29, 0.717) is 16.6 Å². The van der Waals surface area contributed by atoms with Crippen molar-refractivity contribution in [3.63, 3.8) is 0 Å². The Kier molecular flexibility index (Phi) is 6.54. The molecular weight excluding hydrogens is 520 g/mol. The highest BCUT2D eigenvalue weighted by Crippen LogP contribution is 2.37. The molecule has 2 N–H and O–H groups in total. The van der Waals surface area contributed by atoms with Crippen LogP contribution in [0, 0.1) is 13.8 Å². The molecule has 0 saturated carbocycles. The van der Waals surface area contributed by atoms with E-state index in [2.05, 4.69) is 31.1 Å². The Morgan fingerprint density at radius 3 is 2.53 bits per heavy atom. The normalized spacial score (nSPS) is 11.9. The molecule has 0 aliphatic rings. The Bertz CT molecular complexity index is 1520. The van der Waals surface area contributed by atoms with Crippen molar-refractivity contribution in [1.29, 1.82) is 0 Å². The number of amides is 1. The lowest BCUT2D eigenvalue weighted by atomic mass is 10.1. The van der Waals surface area contributed by atoms with Crippen molar-refractivity contribution in [1.82, 2.24) is 4.98 Å². The second kappa shape index (κ2) is 9.40. The van der Waals surface area contributed by atoms with Crippen LogP contribution in [0.3, 0.4) is 0 Å². The predicted molar refractivity (Wildman–Crippen MR) is 134 cm³/mol. The lowest BCUT2D eigenvalue weighted by molar-refractivity contribution is -0.116. The second-order valence-electron chi connectivity index (χ2n) is 7.65. The van der Waals surface area contributed by atoms with Crippen LogP contribution in [0.5, 0.6) is 5.88 Å². The van der Waals surface area contributed by atoms with E-state index in [-0.39, 0.29) is 16.5 Å².